The van der Waals surface area contributed by atoms with E-state index in [1.54, 1.807) is 13.2 Å². The molecule has 0 saturated carbocycles. The van der Waals surface area contributed by atoms with Crippen molar-refractivity contribution in [3.63, 3.8) is 0 Å². The zero-order valence-corrected chi connectivity index (χ0v) is 19.3. The lowest BCUT2D eigenvalue weighted by Crippen LogP contribution is -2.05. The average Bonchev–Trinajstić information content (AvgIpc) is 2.77. The summed E-state index contributed by atoms with van der Waals surface area (Å²) in [5.41, 5.74) is 2.51. The molecule has 3 aromatic rings. The SMILES string of the molecule is COc1ccc(C(=O)O)cc1NCc1cc(OC)c(OCc2ccccc2Cl)cc1Br. The fourth-order valence-corrected chi connectivity index (χ4v) is 3.58. The number of anilines is 1. The summed E-state index contributed by atoms with van der Waals surface area (Å²) in [7, 11) is 3.10. The molecule has 0 aromatic heterocycles. The molecule has 3 rings (SSSR count). The fourth-order valence-electron chi connectivity index (χ4n) is 2.93. The quantitative estimate of drug-likeness (QED) is 0.370. The van der Waals surface area contributed by atoms with Gasteiger partial charge in [-0.15, -0.1) is 0 Å². The molecule has 0 amide bonds. The molecule has 0 bridgehead atoms. The Morgan fingerprint density at radius 2 is 1.74 bits per heavy atom. The Morgan fingerprint density at radius 3 is 2.42 bits per heavy atom. The highest BCUT2D eigenvalue weighted by atomic mass is 79.9. The highest BCUT2D eigenvalue weighted by molar-refractivity contribution is 9.10. The molecule has 3 aromatic carbocycles. The summed E-state index contributed by atoms with van der Waals surface area (Å²) in [4.78, 5) is 11.3. The van der Waals surface area contributed by atoms with Crippen molar-refractivity contribution in [2.45, 2.75) is 13.2 Å². The van der Waals surface area contributed by atoms with Crippen molar-refractivity contribution in [3.8, 4) is 17.2 Å². The summed E-state index contributed by atoms with van der Waals surface area (Å²) < 4.78 is 17.6. The van der Waals surface area contributed by atoms with E-state index in [1.807, 2.05) is 36.4 Å². The predicted octanol–water partition coefficient (Wildman–Crippen LogP) is 6.01. The molecule has 0 heterocycles. The minimum absolute atomic E-state index is 0.170. The number of methoxy groups -OCH3 is 2. The first kappa shape index (κ1) is 22.8. The van der Waals surface area contributed by atoms with Crippen LogP contribution in [0.3, 0.4) is 0 Å². The fraction of sp³-hybridized carbons (Fsp3) is 0.174. The van der Waals surface area contributed by atoms with E-state index >= 15 is 0 Å². The molecule has 0 atom stereocenters. The highest BCUT2D eigenvalue weighted by Gasteiger charge is 2.13. The number of carboxylic acid groups (broad SMARTS) is 1. The van der Waals surface area contributed by atoms with Gasteiger partial charge in [-0.25, -0.2) is 4.79 Å². The van der Waals surface area contributed by atoms with E-state index in [-0.39, 0.29) is 5.56 Å². The topological polar surface area (TPSA) is 77.0 Å². The van der Waals surface area contributed by atoms with Crippen LogP contribution in [0.2, 0.25) is 5.02 Å². The van der Waals surface area contributed by atoms with Crippen molar-refractivity contribution in [1.29, 1.82) is 0 Å². The standard InChI is InChI=1S/C23H21BrClNO5/c1-29-20-8-7-14(23(27)28)9-19(20)26-12-16-10-21(30-2)22(11-17(16)24)31-13-15-5-3-4-6-18(15)25/h3-11,26H,12-13H2,1-2H3,(H,27,28). The largest absolute Gasteiger partial charge is 0.495 e. The van der Waals surface area contributed by atoms with Gasteiger partial charge < -0.3 is 24.6 Å². The van der Waals surface area contributed by atoms with Gasteiger partial charge in [0.25, 0.3) is 0 Å². The van der Waals surface area contributed by atoms with Gasteiger partial charge in [0.15, 0.2) is 11.5 Å². The van der Waals surface area contributed by atoms with E-state index in [4.69, 9.17) is 25.8 Å². The molecule has 0 radical (unpaired) electrons. The van der Waals surface area contributed by atoms with Crippen LogP contribution in [0.15, 0.2) is 59.1 Å². The third kappa shape index (κ3) is 5.62. The Kier molecular flexibility index (Phi) is 7.65. The van der Waals surface area contributed by atoms with Crippen LogP contribution in [0.1, 0.15) is 21.5 Å². The van der Waals surface area contributed by atoms with Crippen molar-refractivity contribution < 1.29 is 24.1 Å². The van der Waals surface area contributed by atoms with Gasteiger partial charge in [0.2, 0.25) is 0 Å². The maximum Gasteiger partial charge on any atom is 0.335 e. The van der Waals surface area contributed by atoms with Gasteiger partial charge in [-0.3, -0.25) is 0 Å². The van der Waals surface area contributed by atoms with Crippen molar-refractivity contribution in [2.75, 3.05) is 19.5 Å². The van der Waals surface area contributed by atoms with Gasteiger partial charge in [0, 0.05) is 21.6 Å². The van der Waals surface area contributed by atoms with Crippen molar-refractivity contribution in [3.05, 3.63) is 80.8 Å². The maximum absolute atomic E-state index is 11.3. The third-order valence-electron chi connectivity index (χ3n) is 4.59. The average molecular weight is 507 g/mol. The van der Waals surface area contributed by atoms with E-state index in [1.165, 1.54) is 19.2 Å². The smallest absolute Gasteiger partial charge is 0.335 e. The first-order valence-corrected chi connectivity index (χ1v) is 10.5. The molecule has 0 aliphatic rings. The lowest BCUT2D eigenvalue weighted by Gasteiger charge is -2.16. The van der Waals surface area contributed by atoms with E-state index in [9.17, 15) is 9.90 Å². The summed E-state index contributed by atoms with van der Waals surface area (Å²) in [6.45, 7) is 0.709. The Labute approximate surface area is 193 Å². The first-order valence-electron chi connectivity index (χ1n) is 9.30. The zero-order chi connectivity index (χ0) is 22.4. The third-order valence-corrected chi connectivity index (χ3v) is 5.70. The summed E-state index contributed by atoms with van der Waals surface area (Å²) in [5.74, 6) is 0.683. The Balaban J connectivity index is 1.78. The Bertz CT molecular complexity index is 1090. The second kappa shape index (κ2) is 10.4. The van der Waals surface area contributed by atoms with Crippen LogP contribution in [-0.4, -0.2) is 25.3 Å². The van der Waals surface area contributed by atoms with Crippen LogP contribution >= 0.6 is 27.5 Å². The highest BCUT2D eigenvalue weighted by Crippen LogP contribution is 2.35. The maximum atomic E-state index is 11.3. The molecule has 0 aliphatic carbocycles. The summed E-state index contributed by atoms with van der Waals surface area (Å²) in [5, 5.41) is 13.1. The van der Waals surface area contributed by atoms with Gasteiger partial charge in [-0.1, -0.05) is 45.7 Å². The van der Waals surface area contributed by atoms with Crippen LogP contribution in [0.25, 0.3) is 0 Å². The summed E-state index contributed by atoms with van der Waals surface area (Å²) in [6, 6.07) is 15.8. The van der Waals surface area contributed by atoms with Crippen LogP contribution < -0.4 is 19.5 Å². The molecular weight excluding hydrogens is 486 g/mol. The molecule has 8 heteroatoms. The molecule has 0 aliphatic heterocycles. The number of rotatable bonds is 9. The number of carboxylic acids is 1. The van der Waals surface area contributed by atoms with Gasteiger partial charge in [0.05, 0.1) is 25.5 Å². The lowest BCUT2D eigenvalue weighted by atomic mass is 10.1. The van der Waals surface area contributed by atoms with E-state index in [0.717, 1.165) is 15.6 Å². The van der Waals surface area contributed by atoms with Gasteiger partial charge in [0.1, 0.15) is 12.4 Å². The number of nitrogens with one attached hydrogen (secondary N) is 1. The van der Waals surface area contributed by atoms with Crippen LogP contribution in [0.5, 0.6) is 17.2 Å². The molecule has 0 fully saturated rings. The first-order chi connectivity index (χ1) is 14.9. The molecule has 2 N–H and O–H groups in total. The molecule has 0 unspecified atom stereocenters. The zero-order valence-electron chi connectivity index (χ0n) is 16.9. The van der Waals surface area contributed by atoms with Crippen LogP contribution in [0.4, 0.5) is 5.69 Å². The minimum Gasteiger partial charge on any atom is -0.495 e. The monoisotopic (exact) mass is 505 g/mol. The number of carbonyl (C=O) groups is 1. The van der Waals surface area contributed by atoms with Gasteiger partial charge in [-0.05, 0) is 42.0 Å². The molecule has 0 spiro atoms. The number of hydrogen-bond donors (Lipinski definition) is 2. The van der Waals surface area contributed by atoms with Gasteiger partial charge in [-0.2, -0.15) is 0 Å². The van der Waals surface area contributed by atoms with Crippen LogP contribution in [-0.2, 0) is 13.2 Å². The van der Waals surface area contributed by atoms with Gasteiger partial charge >= 0.3 is 5.97 Å². The molecule has 162 valence electrons. The number of ether oxygens (including phenoxy) is 3. The van der Waals surface area contributed by atoms with E-state index in [2.05, 4.69) is 21.2 Å². The number of hydrogen-bond acceptors (Lipinski definition) is 5. The molecule has 6 nitrogen and oxygen atoms in total. The summed E-state index contributed by atoms with van der Waals surface area (Å²) >= 11 is 9.77. The van der Waals surface area contributed by atoms with Crippen molar-refractivity contribution >= 4 is 39.2 Å². The predicted molar refractivity (Wildman–Crippen MR) is 124 cm³/mol. The van der Waals surface area contributed by atoms with Crippen molar-refractivity contribution in [2.24, 2.45) is 0 Å². The Hall–Kier alpha value is -2.90. The second-order valence-corrected chi connectivity index (χ2v) is 7.81. The molecular formula is C23H21BrClNO5. The minimum atomic E-state index is -1.01. The van der Waals surface area contributed by atoms with Crippen molar-refractivity contribution in [1.82, 2.24) is 0 Å². The number of aromatic carboxylic acids is 1. The summed E-state index contributed by atoms with van der Waals surface area (Å²) in [6.07, 6.45) is 0. The molecule has 0 saturated heterocycles. The second-order valence-electron chi connectivity index (χ2n) is 6.55. The van der Waals surface area contributed by atoms with E-state index in [0.29, 0.717) is 41.1 Å². The Morgan fingerprint density at radius 1 is 1.00 bits per heavy atom. The van der Waals surface area contributed by atoms with Crippen LogP contribution in [0, 0.1) is 0 Å². The molecule has 31 heavy (non-hydrogen) atoms. The normalized spacial score (nSPS) is 10.5. The van der Waals surface area contributed by atoms with E-state index < -0.39 is 5.97 Å². The lowest BCUT2D eigenvalue weighted by molar-refractivity contribution is 0.0697. The number of halogens is 2. The number of benzene rings is 3.